The molecule has 0 bridgehead atoms. The predicted octanol–water partition coefficient (Wildman–Crippen LogP) is 17.7. The van der Waals surface area contributed by atoms with Gasteiger partial charge < -0.3 is 4.90 Å². The molecule has 0 saturated heterocycles. The summed E-state index contributed by atoms with van der Waals surface area (Å²) in [5.41, 5.74) is 21.4. The van der Waals surface area contributed by atoms with Gasteiger partial charge in [0.05, 0.1) is 0 Å². The zero-order valence-electron chi connectivity index (χ0n) is 39.9. The average Bonchev–Trinajstić information content (AvgIpc) is 3.45. The molecular formula is C61H67N. The summed E-state index contributed by atoms with van der Waals surface area (Å²) in [5, 5.41) is 0. The number of nitrogens with zero attached hydrogens (tertiary/aromatic N) is 1. The van der Waals surface area contributed by atoms with Crippen molar-refractivity contribution >= 4 is 17.1 Å². The lowest BCUT2D eigenvalue weighted by atomic mass is 9.78. The first-order chi connectivity index (χ1) is 29.0. The van der Waals surface area contributed by atoms with E-state index in [0.717, 1.165) is 17.1 Å². The van der Waals surface area contributed by atoms with Crippen LogP contribution in [0.3, 0.4) is 0 Å². The third-order valence-corrected chi connectivity index (χ3v) is 13.2. The van der Waals surface area contributed by atoms with Gasteiger partial charge in [0.15, 0.2) is 0 Å². The summed E-state index contributed by atoms with van der Waals surface area (Å²) in [5.74, 6) is 0. The maximum Gasteiger partial charge on any atom is 0.0470 e. The zero-order valence-corrected chi connectivity index (χ0v) is 39.9. The second-order valence-corrected chi connectivity index (χ2v) is 22.5. The molecule has 0 unspecified atom stereocenters. The van der Waals surface area contributed by atoms with E-state index in [-0.39, 0.29) is 27.1 Å². The fourth-order valence-electron chi connectivity index (χ4n) is 9.13. The van der Waals surface area contributed by atoms with Gasteiger partial charge in [-0.25, -0.2) is 0 Å². The second-order valence-electron chi connectivity index (χ2n) is 22.5. The Labute approximate surface area is 373 Å². The fraction of sp³-hybridized carbons (Fsp3) is 0.311. The van der Waals surface area contributed by atoms with E-state index in [4.69, 9.17) is 0 Å². The van der Waals surface area contributed by atoms with Crippen LogP contribution in [0.25, 0.3) is 44.5 Å². The molecule has 7 aromatic carbocycles. The van der Waals surface area contributed by atoms with Gasteiger partial charge in [0.1, 0.15) is 0 Å². The first-order valence-corrected chi connectivity index (χ1v) is 22.7. The van der Waals surface area contributed by atoms with E-state index in [9.17, 15) is 0 Å². The van der Waals surface area contributed by atoms with Crippen molar-refractivity contribution < 1.29 is 0 Å². The summed E-state index contributed by atoms with van der Waals surface area (Å²) in [6.07, 6.45) is 0. The number of fused-ring (bicyclic) bond motifs is 3. The van der Waals surface area contributed by atoms with Crippen LogP contribution in [0, 0.1) is 0 Å². The molecule has 0 aromatic heterocycles. The lowest BCUT2D eigenvalue weighted by molar-refractivity contribution is 0.569. The van der Waals surface area contributed by atoms with Gasteiger partial charge in [-0.15, -0.1) is 0 Å². The number of benzene rings is 7. The Bertz CT molecular complexity index is 2750. The van der Waals surface area contributed by atoms with Crippen LogP contribution < -0.4 is 4.90 Å². The van der Waals surface area contributed by atoms with E-state index >= 15 is 0 Å². The highest BCUT2D eigenvalue weighted by Crippen LogP contribution is 2.51. The van der Waals surface area contributed by atoms with E-state index in [1.807, 2.05) is 0 Å². The Hall–Kier alpha value is -5.66. The summed E-state index contributed by atoms with van der Waals surface area (Å²) in [6.45, 7) is 32.8. The van der Waals surface area contributed by atoms with Crippen molar-refractivity contribution in [3.63, 3.8) is 0 Å². The molecule has 7 aromatic rings. The molecule has 0 atom stereocenters. The zero-order chi connectivity index (χ0) is 44.6. The van der Waals surface area contributed by atoms with Crippen molar-refractivity contribution in [2.24, 2.45) is 0 Å². The fourth-order valence-corrected chi connectivity index (χ4v) is 9.13. The first-order valence-electron chi connectivity index (χ1n) is 22.7. The topological polar surface area (TPSA) is 3.24 Å². The maximum absolute atomic E-state index is 2.50. The maximum atomic E-state index is 2.50. The molecule has 316 valence electrons. The lowest BCUT2D eigenvalue weighted by Crippen LogP contribution is -2.17. The normalized spacial score (nSPS) is 13.8. The van der Waals surface area contributed by atoms with Crippen LogP contribution in [0.15, 0.2) is 152 Å². The quantitative estimate of drug-likeness (QED) is 0.162. The van der Waals surface area contributed by atoms with Crippen LogP contribution in [0.1, 0.15) is 130 Å². The van der Waals surface area contributed by atoms with Gasteiger partial charge in [-0.3, -0.25) is 0 Å². The van der Waals surface area contributed by atoms with Crippen molar-refractivity contribution in [3.8, 4) is 44.5 Å². The third kappa shape index (κ3) is 8.32. The van der Waals surface area contributed by atoms with E-state index in [1.165, 1.54) is 77.9 Å². The minimum Gasteiger partial charge on any atom is -0.310 e. The first kappa shape index (κ1) is 43.0. The molecule has 0 aliphatic heterocycles. The van der Waals surface area contributed by atoms with E-state index in [2.05, 4.69) is 253 Å². The molecule has 8 rings (SSSR count). The van der Waals surface area contributed by atoms with Crippen molar-refractivity contribution in [2.75, 3.05) is 4.90 Å². The smallest absolute Gasteiger partial charge is 0.0470 e. The number of hydrogen-bond donors (Lipinski definition) is 0. The molecule has 1 aliphatic carbocycles. The summed E-state index contributed by atoms with van der Waals surface area (Å²) >= 11 is 0. The summed E-state index contributed by atoms with van der Waals surface area (Å²) in [6, 6.07) is 57.9. The molecule has 1 nitrogen and oxygen atoms in total. The van der Waals surface area contributed by atoms with Crippen molar-refractivity contribution in [1.29, 1.82) is 0 Å². The highest BCUT2D eigenvalue weighted by molar-refractivity contribution is 5.88. The summed E-state index contributed by atoms with van der Waals surface area (Å²) < 4.78 is 0. The third-order valence-electron chi connectivity index (χ3n) is 13.2. The van der Waals surface area contributed by atoms with Crippen molar-refractivity contribution in [1.82, 2.24) is 0 Å². The molecule has 62 heavy (non-hydrogen) atoms. The molecule has 0 radical (unpaired) electrons. The van der Waals surface area contributed by atoms with Crippen LogP contribution in [-0.4, -0.2) is 0 Å². The van der Waals surface area contributed by atoms with Crippen LogP contribution in [-0.2, 0) is 27.1 Å². The van der Waals surface area contributed by atoms with Gasteiger partial charge in [-0.2, -0.15) is 0 Å². The van der Waals surface area contributed by atoms with Crippen molar-refractivity contribution in [2.45, 2.75) is 124 Å². The monoisotopic (exact) mass is 814 g/mol. The van der Waals surface area contributed by atoms with Gasteiger partial charge in [-0.05, 0) is 142 Å². The molecule has 0 spiro atoms. The molecule has 0 saturated carbocycles. The molecule has 0 heterocycles. The molecule has 0 N–H and O–H groups in total. The predicted molar refractivity (Wildman–Crippen MR) is 270 cm³/mol. The molecule has 1 heteroatoms. The van der Waals surface area contributed by atoms with Crippen molar-refractivity contribution in [3.05, 3.63) is 185 Å². The molecule has 0 fully saturated rings. The van der Waals surface area contributed by atoms with Gasteiger partial charge in [-0.1, -0.05) is 206 Å². The van der Waals surface area contributed by atoms with E-state index < -0.39 is 0 Å². The van der Waals surface area contributed by atoms with Crippen LogP contribution >= 0.6 is 0 Å². The number of rotatable bonds is 6. The lowest BCUT2D eigenvalue weighted by Gasteiger charge is -2.31. The standard InChI is InChI=1S/C61H67N/c1-57(2,3)46-30-42(44-32-47(58(4,5)6)37-48(33-44)59(7,8)9)29-43(31-46)45-34-49(60(10,11)12)38-52(36-45)62(50-24-20-23-41(35-50)40-21-16-15-17-22-40)51-27-28-54-53-25-18-19-26-55(53)61(13,14)56(54)39-51/h15-39H,1-14H3. The van der Waals surface area contributed by atoms with Gasteiger partial charge >= 0.3 is 0 Å². The molecule has 1 aliphatic rings. The highest BCUT2D eigenvalue weighted by Gasteiger charge is 2.36. The Kier molecular flexibility index (Phi) is 10.6. The minimum atomic E-state index is -0.126. The molecular weight excluding hydrogens is 747 g/mol. The Morgan fingerprint density at radius 2 is 0.742 bits per heavy atom. The Morgan fingerprint density at radius 1 is 0.306 bits per heavy atom. The summed E-state index contributed by atoms with van der Waals surface area (Å²) in [7, 11) is 0. The van der Waals surface area contributed by atoms with Crippen LogP contribution in [0.4, 0.5) is 17.1 Å². The minimum absolute atomic E-state index is 0.0211. The van der Waals surface area contributed by atoms with E-state index in [1.54, 1.807) is 0 Å². The Morgan fingerprint density at radius 3 is 1.32 bits per heavy atom. The van der Waals surface area contributed by atoms with Gasteiger partial charge in [0, 0.05) is 22.5 Å². The Balaban J connectivity index is 1.38. The van der Waals surface area contributed by atoms with Gasteiger partial charge in [0.25, 0.3) is 0 Å². The van der Waals surface area contributed by atoms with E-state index in [0.29, 0.717) is 0 Å². The SMILES string of the molecule is CC(C)(C)c1cc(-c2cc(N(c3cccc(-c4ccccc4)c3)c3ccc4c(c3)C(C)(C)c3ccccc3-4)cc(C(C)(C)C)c2)cc(-c2cc(C(C)(C)C)cc(C(C)(C)C)c2)c1. The number of anilines is 3. The van der Waals surface area contributed by atoms with Crippen LogP contribution in [0.2, 0.25) is 0 Å². The second kappa shape index (κ2) is 15.3. The van der Waals surface area contributed by atoms with Crippen LogP contribution in [0.5, 0.6) is 0 Å². The summed E-state index contributed by atoms with van der Waals surface area (Å²) in [4.78, 5) is 2.50. The number of hydrogen-bond acceptors (Lipinski definition) is 1. The largest absolute Gasteiger partial charge is 0.310 e. The highest BCUT2D eigenvalue weighted by atomic mass is 15.1. The van der Waals surface area contributed by atoms with Gasteiger partial charge in [0.2, 0.25) is 0 Å². The molecule has 0 amide bonds. The average molecular weight is 814 g/mol.